The number of amides is 2. The minimum atomic E-state index is -0.825. The second-order valence-corrected chi connectivity index (χ2v) is 22.4. The number of nitrogens with one attached hydrogen (secondary N) is 1. The molecule has 5 aliphatic rings. The molecular formula is C57H69N11O7S. The summed E-state index contributed by atoms with van der Waals surface area (Å²) in [6, 6.07) is 25.7. The molecule has 4 saturated heterocycles. The van der Waals surface area contributed by atoms with Crippen molar-refractivity contribution in [2.75, 3.05) is 61.4 Å². The number of likely N-dealkylation sites (tertiary alicyclic amines) is 2. The third-order valence-electron chi connectivity index (χ3n) is 16.0. The van der Waals surface area contributed by atoms with Crippen molar-refractivity contribution in [1.29, 1.82) is 0 Å². The number of aliphatic hydroxyl groups is 1. The standard InChI is InChI=1S/C57H69N11O7S/c1-34(2)53(57(71)67-32-43(69)25-49(67)56(70)61-35(3)37-10-12-39(13-11-37)54-36(4)60-33-76-54)50-29-52(64-75-50)72-23-22-65-20-17-44(18-21-65)73-45-26-46(27-45)74-51-24-40(16-19-59-51)68-41-14-15-42(68)31-66(30-41)48-28-47(62-63-55(48)58)38-8-6-5-7-9-38/h5-13,16,19,24,28-29,33-35,41-46,49,53,69H,14-15,17-18,20-23,25-27,30-32H2,1-4H3,(H2,58,63)(H,61,70)/t35-,41?,42?,43+,45-,46-,49-,53+/m0/s1. The summed E-state index contributed by atoms with van der Waals surface area (Å²) in [6.07, 6.45) is 7.44. The van der Waals surface area contributed by atoms with Crippen LogP contribution in [0.5, 0.6) is 11.8 Å². The van der Waals surface area contributed by atoms with Crippen LogP contribution in [0.25, 0.3) is 21.7 Å². The van der Waals surface area contributed by atoms with E-state index in [1.165, 1.54) is 4.90 Å². The van der Waals surface area contributed by atoms with Crippen molar-refractivity contribution in [3.05, 3.63) is 108 Å². The van der Waals surface area contributed by atoms with Gasteiger partial charge < -0.3 is 49.6 Å². The van der Waals surface area contributed by atoms with Crippen LogP contribution in [0.15, 0.2) is 95.1 Å². The fourth-order valence-electron chi connectivity index (χ4n) is 11.9. The predicted octanol–water partition coefficient (Wildman–Crippen LogP) is 7.45. The predicted molar refractivity (Wildman–Crippen MR) is 290 cm³/mol. The summed E-state index contributed by atoms with van der Waals surface area (Å²) in [5.41, 5.74) is 15.2. The van der Waals surface area contributed by atoms with Gasteiger partial charge in [-0.3, -0.25) is 14.5 Å². The number of benzene rings is 2. The molecule has 8 heterocycles. The number of nitrogens with two attached hydrogens (primary N) is 1. The number of pyridine rings is 1. The molecule has 5 fully saturated rings. The van der Waals surface area contributed by atoms with Gasteiger partial charge in [0.25, 0.3) is 5.88 Å². The normalized spacial score (nSPS) is 23.6. The molecule has 4 aromatic heterocycles. The molecule has 2 unspecified atom stereocenters. The van der Waals surface area contributed by atoms with Crippen LogP contribution in [-0.4, -0.2) is 140 Å². The van der Waals surface area contributed by atoms with Gasteiger partial charge in [0.1, 0.15) is 24.7 Å². The third-order valence-corrected chi connectivity index (χ3v) is 17.0. The number of thiazole rings is 1. The maximum absolute atomic E-state index is 14.2. The second kappa shape index (κ2) is 22.5. The Bertz CT molecular complexity index is 2930. The Labute approximate surface area is 447 Å². The van der Waals surface area contributed by atoms with E-state index < -0.39 is 18.1 Å². The van der Waals surface area contributed by atoms with Gasteiger partial charge in [-0.15, -0.1) is 21.5 Å². The van der Waals surface area contributed by atoms with Gasteiger partial charge in [-0.05, 0) is 73.9 Å². The van der Waals surface area contributed by atoms with Crippen molar-refractivity contribution in [2.45, 2.75) is 127 Å². The van der Waals surface area contributed by atoms with E-state index in [0.29, 0.717) is 48.6 Å². The van der Waals surface area contributed by atoms with Crippen LogP contribution in [0.1, 0.15) is 94.7 Å². The first-order chi connectivity index (χ1) is 36.9. The summed E-state index contributed by atoms with van der Waals surface area (Å²) in [6.45, 7) is 12.5. The van der Waals surface area contributed by atoms with E-state index in [9.17, 15) is 14.7 Å². The smallest absolute Gasteiger partial charge is 0.254 e. The number of piperazine rings is 1. The number of carbonyl (C=O) groups is 2. The van der Waals surface area contributed by atoms with E-state index in [1.54, 1.807) is 17.4 Å². The Kier molecular flexibility index (Phi) is 15.2. The second-order valence-electron chi connectivity index (χ2n) is 21.6. The van der Waals surface area contributed by atoms with E-state index in [-0.39, 0.29) is 55.1 Å². The average Bonchev–Trinajstić information content (AvgIpc) is 4.22. The van der Waals surface area contributed by atoms with Gasteiger partial charge in [0.05, 0.1) is 51.8 Å². The van der Waals surface area contributed by atoms with E-state index in [0.717, 1.165) is 109 Å². The molecule has 400 valence electrons. The summed E-state index contributed by atoms with van der Waals surface area (Å²) in [5.74, 6) is 0.313. The lowest BCUT2D eigenvalue weighted by atomic mass is 9.91. The first-order valence-corrected chi connectivity index (χ1v) is 27.9. The number of fused-ring (bicyclic) bond motifs is 2. The lowest BCUT2D eigenvalue weighted by Crippen LogP contribution is -2.54. The van der Waals surface area contributed by atoms with E-state index in [1.807, 2.05) is 94.0 Å². The number of piperidine rings is 1. The first kappa shape index (κ1) is 51.4. The van der Waals surface area contributed by atoms with Crippen molar-refractivity contribution >= 4 is 40.3 Å². The van der Waals surface area contributed by atoms with Gasteiger partial charge >= 0.3 is 0 Å². The maximum Gasteiger partial charge on any atom is 0.254 e. The monoisotopic (exact) mass is 1050 g/mol. The highest BCUT2D eigenvalue weighted by atomic mass is 32.1. The van der Waals surface area contributed by atoms with E-state index in [4.69, 9.17) is 24.5 Å². The van der Waals surface area contributed by atoms with Crippen LogP contribution in [0.4, 0.5) is 17.2 Å². The zero-order valence-electron chi connectivity index (χ0n) is 43.7. The Morgan fingerprint density at radius 3 is 2.34 bits per heavy atom. The highest BCUT2D eigenvalue weighted by Crippen LogP contribution is 2.40. The van der Waals surface area contributed by atoms with Crippen LogP contribution in [0, 0.1) is 12.8 Å². The molecule has 1 aliphatic carbocycles. The lowest BCUT2D eigenvalue weighted by Gasteiger charge is -2.43. The summed E-state index contributed by atoms with van der Waals surface area (Å²) in [5, 5.41) is 26.7. The quantitative estimate of drug-likeness (QED) is 0.0763. The van der Waals surface area contributed by atoms with Gasteiger partial charge in [0.15, 0.2) is 11.6 Å². The molecule has 0 spiro atoms. The number of nitrogens with zero attached hydrogens (tertiary/aromatic N) is 9. The molecule has 18 nitrogen and oxygen atoms in total. The van der Waals surface area contributed by atoms with Crippen molar-refractivity contribution in [1.82, 2.24) is 40.4 Å². The number of aliphatic hydroxyl groups excluding tert-OH is 1. The van der Waals surface area contributed by atoms with Gasteiger partial charge in [-0.25, -0.2) is 9.97 Å². The molecule has 2 bridgehead atoms. The Balaban J connectivity index is 0.600. The number of rotatable bonds is 18. The number of nitrogen functional groups attached to an aromatic ring is 1. The molecule has 76 heavy (non-hydrogen) atoms. The summed E-state index contributed by atoms with van der Waals surface area (Å²) in [7, 11) is 0. The van der Waals surface area contributed by atoms with Crippen molar-refractivity contribution in [3.8, 4) is 33.5 Å². The van der Waals surface area contributed by atoms with Crippen LogP contribution < -0.4 is 30.3 Å². The van der Waals surface area contributed by atoms with Crippen LogP contribution in [0.2, 0.25) is 0 Å². The van der Waals surface area contributed by atoms with Gasteiger partial charge in [-0.1, -0.05) is 68.4 Å². The minimum absolute atomic E-state index is 0.0569. The number of aryl methyl sites for hydroxylation is 1. The molecule has 2 amide bonds. The SMILES string of the molecule is Cc1ncsc1-c1ccc([C@H](C)NC(=O)[C@@H]2C[C@@H](O)CN2C(=O)[C@@H](c2cc(OCCN3CCC(O[C@H]4C[C@H](Oc5cc(N6C7CCC6CN(c6cc(-c8ccccc8)nnc6N)C7)ccn5)C4)CC3)no2)C(C)C)cc1. The zero-order valence-corrected chi connectivity index (χ0v) is 44.6. The average molecular weight is 1050 g/mol. The molecule has 6 atom stereocenters. The fourth-order valence-corrected chi connectivity index (χ4v) is 12.7. The Hall–Kier alpha value is -6.67. The van der Waals surface area contributed by atoms with Crippen molar-refractivity contribution < 1.29 is 33.4 Å². The van der Waals surface area contributed by atoms with Crippen LogP contribution >= 0.6 is 11.3 Å². The molecule has 1 saturated carbocycles. The largest absolute Gasteiger partial charge is 0.474 e. The molecule has 6 aromatic rings. The van der Waals surface area contributed by atoms with E-state index >= 15 is 0 Å². The molecule has 11 rings (SSSR count). The first-order valence-electron chi connectivity index (χ1n) is 27.0. The molecule has 4 N–H and O–H groups in total. The molecular weight excluding hydrogens is 983 g/mol. The Morgan fingerprint density at radius 2 is 1.62 bits per heavy atom. The number of β-amino-alcohol motifs (C(OH)–C–C–N with tert-alkyl or cyclic N) is 1. The van der Waals surface area contributed by atoms with Crippen LogP contribution in [-0.2, 0) is 14.3 Å². The van der Waals surface area contributed by atoms with Gasteiger partial charge in [-0.2, -0.15) is 0 Å². The maximum atomic E-state index is 14.2. The molecule has 19 heteroatoms. The number of ether oxygens (including phenoxy) is 3. The zero-order chi connectivity index (χ0) is 52.5. The van der Waals surface area contributed by atoms with E-state index in [2.05, 4.69) is 63.5 Å². The van der Waals surface area contributed by atoms with Crippen LogP contribution in [0.3, 0.4) is 0 Å². The van der Waals surface area contributed by atoms with Gasteiger partial charge in [0.2, 0.25) is 17.7 Å². The molecule has 4 aliphatic heterocycles. The fraction of sp³-hybridized carbons (Fsp3) is 0.491. The van der Waals surface area contributed by atoms with Gasteiger partial charge in [0, 0.05) is 100 Å². The minimum Gasteiger partial charge on any atom is -0.474 e. The number of anilines is 3. The summed E-state index contributed by atoms with van der Waals surface area (Å²) in [4.78, 5) is 46.9. The number of aromatic nitrogens is 5. The number of carbonyl (C=O) groups excluding carboxylic acids is 2. The number of hydrogen-bond donors (Lipinski definition) is 3. The van der Waals surface area contributed by atoms with Crippen molar-refractivity contribution in [2.24, 2.45) is 5.92 Å². The highest BCUT2D eigenvalue weighted by molar-refractivity contribution is 7.13. The molecule has 2 aromatic carbocycles. The third kappa shape index (κ3) is 11.2. The summed E-state index contributed by atoms with van der Waals surface area (Å²) < 4.78 is 24.8. The summed E-state index contributed by atoms with van der Waals surface area (Å²) >= 11 is 1.59. The van der Waals surface area contributed by atoms with Crippen molar-refractivity contribution in [3.63, 3.8) is 0 Å². The molecule has 0 radical (unpaired) electrons. The Morgan fingerprint density at radius 1 is 0.855 bits per heavy atom. The lowest BCUT2D eigenvalue weighted by molar-refractivity contribution is -0.141. The highest BCUT2D eigenvalue weighted by Gasteiger charge is 2.44. The topological polar surface area (TPSA) is 211 Å². The number of hydrogen-bond acceptors (Lipinski definition) is 17.